The van der Waals surface area contributed by atoms with Gasteiger partial charge in [0, 0.05) is 19.3 Å². The summed E-state index contributed by atoms with van der Waals surface area (Å²) in [5.41, 5.74) is 0. The van der Waals surface area contributed by atoms with Gasteiger partial charge in [0.25, 0.3) is 0 Å². The first-order valence-corrected chi connectivity index (χ1v) is 6.60. The Labute approximate surface area is 113 Å². The van der Waals surface area contributed by atoms with Gasteiger partial charge < -0.3 is 15.0 Å². The largest absolute Gasteiger partial charge is 0.463 e. The molecule has 1 unspecified atom stereocenters. The molecule has 1 saturated heterocycles. The minimum atomic E-state index is -0.512. The lowest BCUT2D eigenvalue weighted by Gasteiger charge is -2.14. The number of carbonyl (C=O) groups is 1. The van der Waals surface area contributed by atoms with Gasteiger partial charge in [-0.2, -0.15) is 0 Å². The number of nitrogens with one attached hydrogen (secondary N) is 1. The molecule has 0 aliphatic carbocycles. The van der Waals surface area contributed by atoms with Crippen molar-refractivity contribution in [2.75, 3.05) is 38.6 Å². The van der Waals surface area contributed by atoms with E-state index in [9.17, 15) is 4.79 Å². The normalized spacial score (nSPS) is 19.4. The molecule has 1 aliphatic rings. The molecule has 19 heavy (non-hydrogen) atoms. The van der Waals surface area contributed by atoms with E-state index in [0.29, 0.717) is 11.7 Å². The second-order valence-corrected chi connectivity index (χ2v) is 4.69. The third-order valence-corrected chi connectivity index (χ3v) is 3.41. The number of esters is 1. The highest BCUT2D eigenvalue weighted by Gasteiger charge is 2.20. The molecule has 0 saturated carbocycles. The summed E-state index contributed by atoms with van der Waals surface area (Å²) in [5, 5.41) is 3.27. The van der Waals surface area contributed by atoms with Crippen LogP contribution in [-0.4, -0.2) is 54.1 Å². The Balaban J connectivity index is 1.88. The Morgan fingerprint density at radius 3 is 3.16 bits per heavy atom. The molecule has 1 fully saturated rings. The van der Waals surface area contributed by atoms with Gasteiger partial charge in [-0.25, -0.2) is 14.8 Å². The van der Waals surface area contributed by atoms with Gasteiger partial charge >= 0.3 is 5.97 Å². The monoisotopic (exact) mass is 264 g/mol. The molecule has 6 heteroatoms. The first-order valence-electron chi connectivity index (χ1n) is 6.60. The van der Waals surface area contributed by atoms with Crippen molar-refractivity contribution in [2.24, 2.45) is 5.92 Å². The Morgan fingerprint density at radius 2 is 2.47 bits per heavy atom. The molecule has 1 aromatic rings. The molecule has 1 atom stereocenters. The predicted octanol–water partition coefficient (Wildman–Crippen LogP) is 1.02. The number of carbonyl (C=O) groups excluding carboxylic acids is 1. The van der Waals surface area contributed by atoms with Crippen molar-refractivity contribution in [3.8, 4) is 0 Å². The molecule has 0 radical (unpaired) electrons. The predicted molar refractivity (Wildman–Crippen MR) is 72.1 cm³/mol. The highest BCUT2D eigenvalue weighted by Crippen LogP contribution is 2.16. The molecule has 6 nitrogen and oxygen atoms in total. The number of ether oxygens (including phenoxy) is 1. The zero-order valence-electron chi connectivity index (χ0n) is 11.4. The Kier molecular flexibility index (Phi) is 4.68. The number of aromatic nitrogens is 2. The van der Waals surface area contributed by atoms with Crippen LogP contribution in [0.1, 0.15) is 24.0 Å². The lowest BCUT2D eigenvalue weighted by molar-refractivity contribution is 0.0587. The molecule has 2 rings (SSSR count). The minimum Gasteiger partial charge on any atom is -0.463 e. The zero-order valence-corrected chi connectivity index (χ0v) is 11.4. The lowest BCUT2D eigenvalue weighted by atomic mass is 10.1. The Bertz CT molecular complexity index is 438. The van der Waals surface area contributed by atoms with Crippen molar-refractivity contribution in [1.29, 1.82) is 0 Å². The van der Waals surface area contributed by atoms with Gasteiger partial charge in [0.2, 0.25) is 5.82 Å². The maximum absolute atomic E-state index is 11.3. The van der Waals surface area contributed by atoms with E-state index < -0.39 is 5.97 Å². The quantitative estimate of drug-likeness (QED) is 0.801. The molecule has 0 amide bonds. The van der Waals surface area contributed by atoms with Crippen LogP contribution in [0.25, 0.3) is 0 Å². The standard InChI is InChI=1S/C13H20N4O2/c1-3-17-7-5-10(9-17)8-15-11-4-6-14-12(16-11)13(18)19-2/h4,6,10H,3,5,7-9H2,1-2H3,(H,14,15,16). The van der Waals surface area contributed by atoms with Crippen LogP contribution in [0, 0.1) is 5.92 Å². The number of hydrogen-bond donors (Lipinski definition) is 1. The van der Waals surface area contributed by atoms with Crippen LogP contribution in [0.3, 0.4) is 0 Å². The number of anilines is 1. The van der Waals surface area contributed by atoms with Gasteiger partial charge in [0.15, 0.2) is 0 Å². The van der Waals surface area contributed by atoms with Gasteiger partial charge in [-0.1, -0.05) is 6.92 Å². The van der Waals surface area contributed by atoms with Crippen LogP contribution in [0.15, 0.2) is 12.3 Å². The molecule has 1 aliphatic heterocycles. The van der Waals surface area contributed by atoms with Gasteiger partial charge in [0.1, 0.15) is 5.82 Å². The van der Waals surface area contributed by atoms with Crippen molar-refractivity contribution < 1.29 is 9.53 Å². The molecule has 1 N–H and O–H groups in total. The molecule has 1 aromatic heterocycles. The fraction of sp³-hybridized carbons (Fsp3) is 0.615. The number of methoxy groups -OCH3 is 1. The van der Waals surface area contributed by atoms with E-state index in [1.165, 1.54) is 20.1 Å². The van der Waals surface area contributed by atoms with Gasteiger partial charge in [-0.3, -0.25) is 0 Å². The molecule has 0 aromatic carbocycles. The molecular formula is C13H20N4O2. The summed E-state index contributed by atoms with van der Waals surface area (Å²) in [7, 11) is 1.32. The van der Waals surface area contributed by atoms with Gasteiger partial charge in [-0.05, 0) is 31.5 Å². The van der Waals surface area contributed by atoms with E-state index in [4.69, 9.17) is 0 Å². The second kappa shape index (κ2) is 6.47. The van der Waals surface area contributed by atoms with E-state index in [1.54, 1.807) is 12.3 Å². The topological polar surface area (TPSA) is 67.4 Å². The summed E-state index contributed by atoms with van der Waals surface area (Å²) < 4.78 is 4.60. The summed E-state index contributed by atoms with van der Waals surface area (Å²) in [6, 6.07) is 1.76. The van der Waals surface area contributed by atoms with Crippen molar-refractivity contribution in [3.05, 3.63) is 18.1 Å². The van der Waals surface area contributed by atoms with E-state index in [0.717, 1.165) is 19.6 Å². The third-order valence-electron chi connectivity index (χ3n) is 3.41. The van der Waals surface area contributed by atoms with Gasteiger partial charge in [0.05, 0.1) is 7.11 Å². The first kappa shape index (κ1) is 13.7. The van der Waals surface area contributed by atoms with Crippen molar-refractivity contribution in [1.82, 2.24) is 14.9 Å². The van der Waals surface area contributed by atoms with Crippen LogP contribution in [-0.2, 0) is 4.74 Å². The molecular weight excluding hydrogens is 244 g/mol. The van der Waals surface area contributed by atoms with Crippen LogP contribution < -0.4 is 5.32 Å². The van der Waals surface area contributed by atoms with Crippen LogP contribution >= 0.6 is 0 Å². The van der Waals surface area contributed by atoms with Gasteiger partial charge in [-0.15, -0.1) is 0 Å². The highest BCUT2D eigenvalue weighted by molar-refractivity contribution is 5.85. The van der Waals surface area contributed by atoms with E-state index >= 15 is 0 Å². The van der Waals surface area contributed by atoms with Crippen molar-refractivity contribution in [2.45, 2.75) is 13.3 Å². The fourth-order valence-corrected chi connectivity index (χ4v) is 2.26. The Hall–Kier alpha value is -1.69. The van der Waals surface area contributed by atoms with Crippen molar-refractivity contribution in [3.63, 3.8) is 0 Å². The third kappa shape index (κ3) is 3.64. The van der Waals surface area contributed by atoms with Crippen LogP contribution in [0.5, 0.6) is 0 Å². The number of nitrogens with zero attached hydrogens (tertiary/aromatic N) is 3. The maximum atomic E-state index is 11.3. The SMILES string of the molecule is CCN1CCC(CNc2ccnc(C(=O)OC)n2)C1. The van der Waals surface area contributed by atoms with E-state index in [2.05, 4.69) is 31.8 Å². The fourth-order valence-electron chi connectivity index (χ4n) is 2.26. The summed E-state index contributed by atoms with van der Waals surface area (Å²) in [5.74, 6) is 0.887. The molecule has 0 spiro atoms. The average Bonchev–Trinajstić information content (AvgIpc) is 2.92. The Morgan fingerprint density at radius 1 is 1.63 bits per heavy atom. The number of rotatable bonds is 5. The van der Waals surface area contributed by atoms with Crippen molar-refractivity contribution >= 4 is 11.8 Å². The van der Waals surface area contributed by atoms with E-state index in [-0.39, 0.29) is 5.82 Å². The molecule has 0 bridgehead atoms. The average molecular weight is 264 g/mol. The smallest absolute Gasteiger partial charge is 0.376 e. The first-order chi connectivity index (χ1) is 9.22. The highest BCUT2D eigenvalue weighted by atomic mass is 16.5. The minimum absolute atomic E-state index is 0.0918. The summed E-state index contributed by atoms with van der Waals surface area (Å²) in [6.07, 6.45) is 2.77. The summed E-state index contributed by atoms with van der Waals surface area (Å²) >= 11 is 0. The van der Waals surface area contributed by atoms with E-state index in [1.807, 2.05) is 0 Å². The zero-order chi connectivity index (χ0) is 13.7. The molecule has 104 valence electrons. The summed E-state index contributed by atoms with van der Waals surface area (Å²) in [4.78, 5) is 21.8. The van der Waals surface area contributed by atoms with Crippen LogP contribution in [0.4, 0.5) is 5.82 Å². The second-order valence-electron chi connectivity index (χ2n) is 4.69. The number of likely N-dealkylation sites (tertiary alicyclic amines) is 1. The number of hydrogen-bond acceptors (Lipinski definition) is 6. The van der Waals surface area contributed by atoms with Crippen LogP contribution in [0.2, 0.25) is 0 Å². The molecule has 2 heterocycles. The maximum Gasteiger partial charge on any atom is 0.376 e. The summed E-state index contributed by atoms with van der Waals surface area (Å²) in [6.45, 7) is 6.45. The lowest BCUT2D eigenvalue weighted by Crippen LogP contribution is -2.22.